The fraction of sp³-hybridized carbons (Fsp3) is 0.278. The lowest BCUT2D eigenvalue weighted by Gasteiger charge is -2.15. The lowest BCUT2D eigenvalue weighted by atomic mass is 10.2. The van der Waals surface area contributed by atoms with Crippen molar-refractivity contribution in [2.45, 2.75) is 13.2 Å². The molecule has 1 unspecified atom stereocenters. The second-order valence-electron chi connectivity index (χ2n) is 6.09. The number of halogens is 1. The van der Waals surface area contributed by atoms with Gasteiger partial charge in [0, 0.05) is 11.6 Å². The Bertz CT molecular complexity index is 985. The molecule has 0 aliphatic heterocycles. The average Bonchev–Trinajstić information content (AvgIpc) is 3.02. The van der Waals surface area contributed by atoms with Crippen LogP contribution in [0, 0.1) is 0 Å². The molecular formula is C18H21ClN5O3+. The minimum atomic E-state index is -0.343. The van der Waals surface area contributed by atoms with Crippen LogP contribution < -0.4 is 20.1 Å². The van der Waals surface area contributed by atoms with E-state index in [4.69, 9.17) is 21.1 Å². The van der Waals surface area contributed by atoms with Crippen molar-refractivity contribution in [3.05, 3.63) is 63.5 Å². The van der Waals surface area contributed by atoms with E-state index in [1.165, 1.54) is 9.36 Å². The molecule has 0 spiro atoms. The lowest BCUT2D eigenvalue weighted by Crippen LogP contribution is -3.07. The van der Waals surface area contributed by atoms with Crippen molar-refractivity contribution in [2.75, 3.05) is 21.3 Å². The Hall–Kier alpha value is -2.84. The van der Waals surface area contributed by atoms with E-state index in [1.54, 1.807) is 38.5 Å². The largest absolute Gasteiger partial charge is 0.497 e. The minimum absolute atomic E-state index is 0.343. The molecule has 0 amide bonds. The zero-order chi connectivity index (χ0) is 19.4. The normalized spacial score (nSPS) is 12.0. The summed E-state index contributed by atoms with van der Waals surface area (Å²) in [4.78, 5) is 13.6. The number of nitrogens with zero attached hydrogens (tertiary/aromatic N) is 4. The summed E-state index contributed by atoms with van der Waals surface area (Å²) in [6.45, 7) is 0.983. The van der Waals surface area contributed by atoms with Gasteiger partial charge in [-0.3, -0.25) is 0 Å². The highest BCUT2D eigenvalue weighted by molar-refractivity contribution is 6.32. The second-order valence-corrected chi connectivity index (χ2v) is 6.50. The highest BCUT2D eigenvalue weighted by Crippen LogP contribution is 2.23. The van der Waals surface area contributed by atoms with Gasteiger partial charge in [0.05, 0.1) is 32.0 Å². The Morgan fingerprint density at radius 2 is 1.89 bits per heavy atom. The van der Waals surface area contributed by atoms with Gasteiger partial charge in [-0.2, -0.15) is 4.68 Å². The van der Waals surface area contributed by atoms with Crippen LogP contribution in [0.3, 0.4) is 0 Å². The van der Waals surface area contributed by atoms with E-state index >= 15 is 0 Å². The Morgan fingerprint density at radius 3 is 2.59 bits per heavy atom. The predicted octanol–water partition coefficient (Wildman–Crippen LogP) is 0.772. The number of quaternary nitrogens is 1. The molecule has 0 bridgehead atoms. The van der Waals surface area contributed by atoms with Gasteiger partial charge in [-0.05, 0) is 34.7 Å². The van der Waals surface area contributed by atoms with E-state index in [0.29, 0.717) is 23.9 Å². The summed E-state index contributed by atoms with van der Waals surface area (Å²) in [6, 6.07) is 12.7. The van der Waals surface area contributed by atoms with Crippen molar-refractivity contribution in [2.24, 2.45) is 0 Å². The molecule has 1 N–H and O–H groups in total. The van der Waals surface area contributed by atoms with Crippen molar-refractivity contribution in [3.63, 3.8) is 0 Å². The zero-order valence-corrected chi connectivity index (χ0v) is 16.1. The van der Waals surface area contributed by atoms with Gasteiger partial charge < -0.3 is 14.4 Å². The smallest absolute Gasteiger partial charge is 0.373 e. The maximum Gasteiger partial charge on any atom is 0.373 e. The van der Waals surface area contributed by atoms with Crippen LogP contribution in [-0.2, 0) is 13.2 Å². The molecule has 0 fully saturated rings. The highest BCUT2D eigenvalue weighted by atomic mass is 35.5. The minimum Gasteiger partial charge on any atom is -0.497 e. The fourth-order valence-corrected chi connectivity index (χ4v) is 3.00. The number of para-hydroxylation sites is 1. The number of benzene rings is 2. The number of methoxy groups -OCH3 is 2. The van der Waals surface area contributed by atoms with Crippen molar-refractivity contribution in [3.8, 4) is 17.2 Å². The first kappa shape index (κ1) is 18.9. The SMILES string of the molecule is COc1ccc(C[NH+](C)Cn2nnn(-c3ccccc3Cl)c2=O)c(OC)c1. The fourth-order valence-electron chi connectivity index (χ4n) is 2.78. The number of nitrogens with one attached hydrogen (secondary N) is 1. The van der Waals surface area contributed by atoms with Crippen LogP contribution in [0.25, 0.3) is 5.69 Å². The number of tetrazole rings is 1. The van der Waals surface area contributed by atoms with Crippen LogP contribution in [0.15, 0.2) is 47.3 Å². The molecule has 0 saturated heterocycles. The summed E-state index contributed by atoms with van der Waals surface area (Å²) < 4.78 is 13.2. The quantitative estimate of drug-likeness (QED) is 0.645. The van der Waals surface area contributed by atoms with Gasteiger partial charge in [0.15, 0.2) is 6.67 Å². The van der Waals surface area contributed by atoms with Crippen LogP contribution in [0.5, 0.6) is 11.5 Å². The molecule has 8 nitrogen and oxygen atoms in total. The molecule has 0 radical (unpaired) electrons. The first-order valence-corrected chi connectivity index (χ1v) is 8.71. The van der Waals surface area contributed by atoms with E-state index in [9.17, 15) is 4.79 Å². The Balaban J connectivity index is 1.77. The molecule has 1 heterocycles. The number of hydrogen-bond donors (Lipinski definition) is 1. The number of hydrogen-bond acceptors (Lipinski definition) is 5. The van der Waals surface area contributed by atoms with Gasteiger partial charge in [0.2, 0.25) is 0 Å². The van der Waals surface area contributed by atoms with Crippen LogP contribution in [0.4, 0.5) is 0 Å². The van der Waals surface area contributed by atoms with E-state index in [0.717, 1.165) is 22.0 Å². The third-order valence-corrected chi connectivity index (χ3v) is 4.45. The summed E-state index contributed by atoms with van der Waals surface area (Å²) in [6.07, 6.45) is 0. The second kappa shape index (κ2) is 8.24. The molecule has 1 aromatic heterocycles. The Labute approximate surface area is 161 Å². The molecule has 1 atom stereocenters. The Kier molecular flexibility index (Phi) is 5.78. The summed E-state index contributed by atoms with van der Waals surface area (Å²) in [5.74, 6) is 1.47. The summed E-state index contributed by atoms with van der Waals surface area (Å²) >= 11 is 6.15. The molecule has 0 aliphatic carbocycles. The van der Waals surface area contributed by atoms with Crippen LogP contribution >= 0.6 is 11.6 Å². The molecule has 9 heteroatoms. The van der Waals surface area contributed by atoms with Crippen molar-refractivity contribution in [1.29, 1.82) is 0 Å². The number of aromatic nitrogens is 4. The van der Waals surface area contributed by atoms with Crippen molar-refractivity contribution >= 4 is 11.6 Å². The van der Waals surface area contributed by atoms with Gasteiger partial charge in [0.1, 0.15) is 18.0 Å². The highest BCUT2D eigenvalue weighted by Gasteiger charge is 2.16. The van der Waals surface area contributed by atoms with Gasteiger partial charge in [-0.25, -0.2) is 4.79 Å². The monoisotopic (exact) mass is 390 g/mol. The molecule has 3 rings (SSSR count). The van der Waals surface area contributed by atoms with E-state index in [2.05, 4.69) is 10.4 Å². The molecule has 0 saturated carbocycles. The van der Waals surface area contributed by atoms with Crippen LogP contribution in [-0.4, -0.2) is 41.1 Å². The maximum absolute atomic E-state index is 12.6. The van der Waals surface area contributed by atoms with E-state index in [-0.39, 0.29) is 5.69 Å². The molecule has 2 aromatic carbocycles. The Morgan fingerprint density at radius 1 is 1.11 bits per heavy atom. The van der Waals surface area contributed by atoms with E-state index in [1.807, 2.05) is 25.2 Å². The van der Waals surface area contributed by atoms with Gasteiger partial charge in [-0.1, -0.05) is 23.7 Å². The van der Waals surface area contributed by atoms with Gasteiger partial charge in [-0.15, -0.1) is 4.68 Å². The molecule has 0 aliphatic rings. The third-order valence-electron chi connectivity index (χ3n) is 4.13. The van der Waals surface area contributed by atoms with Crippen LogP contribution in [0.2, 0.25) is 5.02 Å². The number of ether oxygens (including phenoxy) is 2. The topological polar surface area (TPSA) is 75.6 Å². The van der Waals surface area contributed by atoms with Gasteiger partial charge >= 0.3 is 5.69 Å². The third kappa shape index (κ3) is 4.12. The molecular weight excluding hydrogens is 370 g/mol. The van der Waals surface area contributed by atoms with Crippen molar-refractivity contribution < 1.29 is 14.4 Å². The number of rotatable bonds is 7. The first-order chi connectivity index (χ1) is 13.0. The summed E-state index contributed by atoms with van der Waals surface area (Å²) in [5.41, 5.74) is 1.16. The maximum atomic E-state index is 12.6. The van der Waals surface area contributed by atoms with Crippen LogP contribution in [0.1, 0.15) is 5.56 Å². The lowest BCUT2D eigenvalue weighted by molar-refractivity contribution is -0.917. The summed E-state index contributed by atoms with van der Waals surface area (Å²) in [5, 5.41) is 8.35. The molecule has 27 heavy (non-hydrogen) atoms. The first-order valence-electron chi connectivity index (χ1n) is 8.33. The average molecular weight is 391 g/mol. The van der Waals surface area contributed by atoms with Gasteiger partial charge in [0.25, 0.3) is 0 Å². The van der Waals surface area contributed by atoms with E-state index < -0.39 is 0 Å². The zero-order valence-electron chi connectivity index (χ0n) is 15.3. The molecule has 3 aromatic rings. The standard InChI is InChI=1S/C18H20ClN5O3/c1-22(11-13-8-9-14(26-2)10-17(13)27-3)12-23-18(25)24(21-20-23)16-7-5-4-6-15(16)19/h4-10H,11-12H2,1-3H3/p+1. The summed E-state index contributed by atoms with van der Waals surface area (Å²) in [7, 11) is 5.19. The predicted molar refractivity (Wildman–Crippen MR) is 101 cm³/mol. The molecule has 142 valence electrons. The van der Waals surface area contributed by atoms with Crippen molar-refractivity contribution in [1.82, 2.24) is 19.8 Å².